The molecule has 5 nitrogen and oxygen atoms in total. The van der Waals surface area contributed by atoms with E-state index < -0.39 is 0 Å². The molecule has 4 aromatic heterocycles. The van der Waals surface area contributed by atoms with Gasteiger partial charge < -0.3 is 4.42 Å². The fourth-order valence-corrected chi connectivity index (χ4v) is 8.67. The van der Waals surface area contributed by atoms with Crippen LogP contribution in [0.1, 0.15) is 0 Å². The van der Waals surface area contributed by atoms with E-state index in [0.29, 0.717) is 17.5 Å². The largest absolute Gasteiger partial charge is 0.456 e. The molecular formula is C48H28N4OS. The van der Waals surface area contributed by atoms with Crippen LogP contribution in [-0.2, 0) is 0 Å². The molecule has 6 heteroatoms. The molecule has 0 amide bonds. The fourth-order valence-electron chi connectivity index (χ4n) is 7.58. The maximum atomic E-state index is 6.46. The topological polar surface area (TPSA) is 64.7 Å². The summed E-state index contributed by atoms with van der Waals surface area (Å²) in [5.41, 5.74) is 9.84. The maximum Gasteiger partial charge on any atom is 0.164 e. The number of aromatic nitrogens is 4. The first-order chi connectivity index (χ1) is 26.7. The van der Waals surface area contributed by atoms with E-state index in [2.05, 4.69) is 120 Å². The molecule has 0 saturated carbocycles. The number of furan rings is 1. The second kappa shape index (κ2) is 12.3. The quantitative estimate of drug-likeness (QED) is 0.178. The predicted molar refractivity (Wildman–Crippen MR) is 222 cm³/mol. The number of rotatable bonds is 5. The van der Waals surface area contributed by atoms with Crippen molar-refractivity contribution < 1.29 is 4.42 Å². The molecule has 252 valence electrons. The first kappa shape index (κ1) is 30.6. The van der Waals surface area contributed by atoms with E-state index in [0.717, 1.165) is 71.8 Å². The van der Waals surface area contributed by atoms with E-state index in [1.807, 2.05) is 54.7 Å². The standard InChI is InChI=1S/C48H28N4OS/c1-2-9-32(10-3-1)46-50-47(34-23-25-43-38(28-34)36-13-4-5-17-42(36)54-43)52-48(51-46)37-15-7-16-41-44(37)39-27-33(22-24-40(39)53-41)29-18-20-30(21-19-29)35-14-6-11-31-12-8-26-49-45(31)35/h1-28H. The Morgan fingerprint density at radius 3 is 2.00 bits per heavy atom. The van der Waals surface area contributed by atoms with Gasteiger partial charge in [0, 0.05) is 64.8 Å². The van der Waals surface area contributed by atoms with Gasteiger partial charge in [0.05, 0.1) is 5.52 Å². The zero-order chi connectivity index (χ0) is 35.6. The molecule has 0 unspecified atom stereocenters. The van der Waals surface area contributed by atoms with Crippen molar-refractivity contribution in [2.45, 2.75) is 0 Å². The van der Waals surface area contributed by atoms with Crippen molar-refractivity contribution >= 4 is 64.4 Å². The highest BCUT2D eigenvalue weighted by Gasteiger charge is 2.19. The molecule has 0 fully saturated rings. The summed E-state index contributed by atoms with van der Waals surface area (Å²) in [4.78, 5) is 20.0. The van der Waals surface area contributed by atoms with Gasteiger partial charge in [-0.25, -0.2) is 15.0 Å². The minimum absolute atomic E-state index is 0.598. The lowest BCUT2D eigenvalue weighted by atomic mass is 9.97. The number of hydrogen-bond donors (Lipinski definition) is 0. The minimum Gasteiger partial charge on any atom is -0.456 e. The zero-order valence-electron chi connectivity index (χ0n) is 28.8. The van der Waals surface area contributed by atoms with Crippen molar-refractivity contribution in [3.05, 3.63) is 170 Å². The molecule has 0 aliphatic carbocycles. The van der Waals surface area contributed by atoms with Gasteiger partial charge in [0.2, 0.25) is 0 Å². The molecule has 11 aromatic rings. The van der Waals surface area contributed by atoms with Crippen LogP contribution in [-0.4, -0.2) is 19.9 Å². The van der Waals surface area contributed by atoms with Gasteiger partial charge in [-0.05, 0) is 65.2 Å². The number of fused-ring (bicyclic) bond motifs is 7. The molecule has 0 N–H and O–H groups in total. The average Bonchev–Trinajstić information content (AvgIpc) is 3.81. The lowest BCUT2D eigenvalue weighted by Crippen LogP contribution is -2.00. The van der Waals surface area contributed by atoms with E-state index >= 15 is 0 Å². The van der Waals surface area contributed by atoms with Crippen molar-refractivity contribution in [3.63, 3.8) is 0 Å². The lowest BCUT2D eigenvalue weighted by molar-refractivity contribution is 0.669. The smallest absolute Gasteiger partial charge is 0.164 e. The third-order valence-electron chi connectivity index (χ3n) is 10.2. The summed E-state index contributed by atoms with van der Waals surface area (Å²) in [6, 6.07) is 56.8. The number of nitrogens with zero attached hydrogens (tertiary/aromatic N) is 4. The van der Waals surface area contributed by atoms with Crippen LogP contribution in [0.15, 0.2) is 174 Å². The van der Waals surface area contributed by atoms with Crippen molar-refractivity contribution in [1.82, 2.24) is 19.9 Å². The van der Waals surface area contributed by atoms with Gasteiger partial charge >= 0.3 is 0 Å². The first-order valence-corrected chi connectivity index (χ1v) is 18.7. The summed E-state index contributed by atoms with van der Waals surface area (Å²) < 4.78 is 8.96. The first-order valence-electron chi connectivity index (χ1n) is 17.9. The van der Waals surface area contributed by atoms with Crippen molar-refractivity contribution in [2.75, 3.05) is 0 Å². The second-order valence-electron chi connectivity index (χ2n) is 13.4. The zero-order valence-corrected chi connectivity index (χ0v) is 29.6. The van der Waals surface area contributed by atoms with Crippen LogP contribution in [0.4, 0.5) is 0 Å². The van der Waals surface area contributed by atoms with Crippen LogP contribution in [0.25, 0.3) is 109 Å². The molecule has 0 spiro atoms. The SMILES string of the molecule is c1ccc(-c2nc(-c3ccc4sc5ccccc5c4c3)nc(-c3cccc4oc5ccc(-c6ccc(-c7cccc8cccnc78)cc6)cc5c34)n2)cc1. The van der Waals surface area contributed by atoms with Crippen LogP contribution < -0.4 is 0 Å². The molecule has 0 aliphatic rings. The summed E-state index contributed by atoms with van der Waals surface area (Å²) in [6.07, 6.45) is 1.85. The Morgan fingerprint density at radius 1 is 0.407 bits per heavy atom. The van der Waals surface area contributed by atoms with Gasteiger partial charge in [-0.2, -0.15) is 0 Å². The van der Waals surface area contributed by atoms with Crippen LogP contribution in [0.3, 0.4) is 0 Å². The number of thiophene rings is 1. The number of hydrogen-bond acceptors (Lipinski definition) is 6. The summed E-state index contributed by atoms with van der Waals surface area (Å²) in [7, 11) is 0. The van der Waals surface area contributed by atoms with E-state index in [4.69, 9.17) is 19.4 Å². The van der Waals surface area contributed by atoms with E-state index in [9.17, 15) is 0 Å². The normalized spacial score (nSPS) is 11.7. The van der Waals surface area contributed by atoms with E-state index in [1.165, 1.54) is 20.2 Å². The van der Waals surface area contributed by atoms with E-state index in [1.54, 1.807) is 11.3 Å². The second-order valence-corrected chi connectivity index (χ2v) is 14.5. The van der Waals surface area contributed by atoms with Crippen LogP contribution in [0, 0.1) is 0 Å². The number of benzene rings is 7. The maximum absolute atomic E-state index is 6.46. The van der Waals surface area contributed by atoms with Gasteiger partial charge in [0.15, 0.2) is 17.5 Å². The van der Waals surface area contributed by atoms with Gasteiger partial charge in [-0.1, -0.05) is 115 Å². The summed E-state index contributed by atoms with van der Waals surface area (Å²) in [6.45, 7) is 0. The molecule has 0 saturated heterocycles. The van der Waals surface area contributed by atoms with Crippen LogP contribution in [0.5, 0.6) is 0 Å². The van der Waals surface area contributed by atoms with Crippen LogP contribution >= 0.6 is 11.3 Å². The number of pyridine rings is 1. The Kier molecular flexibility index (Phi) is 6.97. The highest BCUT2D eigenvalue weighted by molar-refractivity contribution is 7.25. The molecular weight excluding hydrogens is 681 g/mol. The van der Waals surface area contributed by atoms with Gasteiger partial charge in [0.1, 0.15) is 11.2 Å². The summed E-state index contributed by atoms with van der Waals surface area (Å²) >= 11 is 1.80. The highest BCUT2D eigenvalue weighted by atomic mass is 32.1. The van der Waals surface area contributed by atoms with Crippen molar-refractivity contribution in [1.29, 1.82) is 0 Å². The lowest BCUT2D eigenvalue weighted by Gasteiger charge is -2.10. The Bertz CT molecular complexity index is 3220. The third-order valence-corrected chi connectivity index (χ3v) is 11.4. The Morgan fingerprint density at radius 2 is 1.09 bits per heavy atom. The average molecular weight is 709 g/mol. The Hall–Kier alpha value is -7.02. The molecule has 0 aliphatic heterocycles. The Labute approximate surface area is 313 Å². The summed E-state index contributed by atoms with van der Waals surface area (Å²) in [5.74, 6) is 1.85. The minimum atomic E-state index is 0.598. The number of para-hydroxylation sites is 1. The molecule has 4 heterocycles. The third kappa shape index (κ3) is 5.07. The van der Waals surface area contributed by atoms with Crippen molar-refractivity contribution in [3.8, 4) is 56.4 Å². The van der Waals surface area contributed by atoms with Crippen molar-refractivity contribution in [2.24, 2.45) is 0 Å². The highest BCUT2D eigenvalue weighted by Crippen LogP contribution is 2.40. The molecule has 11 rings (SSSR count). The Balaban J connectivity index is 1.06. The summed E-state index contributed by atoms with van der Waals surface area (Å²) in [5, 5.41) is 5.56. The van der Waals surface area contributed by atoms with Gasteiger partial charge in [-0.15, -0.1) is 11.3 Å². The molecule has 7 aromatic carbocycles. The van der Waals surface area contributed by atoms with Crippen LogP contribution in [0.2, 0.25) is 0 Å². The molecule has 54 heavy (non-hydrogen) atoms. The molecule has 0 radical (unpaired) electrons. The predicted octanol–water partition coefficient (Wildman–Crippen LogP) is 13.0. The van der Waals surface area contributed by atoms with E-state index in [-0.39, 0.29) is 0 Å². The monoisotopic (exact) mass is 708 g/mol. The molecule has 0 bridgehead atoms. The van der Waals surface area contributed by atoms with Gasteiger partial charge in [0.25, 0.3) is 0 Å². The fraction of sp³-hybridized carbons (Fsp3) is 0. The molecule has 0 atom stereocenters. The van der Waals surface area contributed by atoms with Gasteiger partial charge in [-0.3, -0.25) is 4.98 Å².